The normalized spacial score (nSPS) is 10.8. The van der Waals surface area contributed by atoms with Crippen LogP contribution < -0.4 is 0 Å². The fraction of sp³-hybridized carbons (Fsp3) is 0.130. The van der Waals surface area contributed by atoms with Gasteiger partial charge in [0.05, 0.1) is 0 Å². The second-order valence-corrected chi connectivity index (χ2v) is 7.38. The second-order valence-electron chi connectivity index (χ2n) is 6.32. The lowest BCUT2D eigenvalue weighted by Gasteiger charge is -2.10. The molecule has 0 radical (unpaired) electrons. The Morgan fingerprint density at radius 1 is 0.667 bits per heavy atom. The Morgan fingerprint density at radius 2 is 1.26 bits per heavy atom. The lowest BCUT2D eigenvalue weighted by molar-refractivity contribution is 0.847. The zero-order valence-electron chi connectivity index (χ0n) is 15.0. The fourth-order valence-electron chi connectivity index (χ4n) is 3.03. The molecule has 0 aliphatic carbocycles. The van der Waals surface area contributed by atoms with Crippen molar-refractivity contribution in [1.82, 2.24) is 14.8 Å². The Morgan fingerprint density at radius 3 is 1.93 bits per heavy atom. The topological polar surface area (TPSA) is 30.7 Å². The van der Waals surface area contributed by atoms with Gasteiger partial charge in [0, 0.05) is 17.9 Å². The second kappa shape index (κ2) is 8.69. The van der Waals surface area contributed by atoms with E-state index in [1.54, 1.807) is 11.8 Å². The highest BCUT2D eigenvalue weighted by molar-refractivity contribution is 7.99. The van der Waals surface area contributed by atoms with Gasteiger partial charge in [0.25, 0.3) is 0 Å². The van der Waals surface area contributed by atoms with Crippen LogP contribution in [0, 0.1) is 0 Å². The van der Waals surface area contributed by atoms with Gasteiger partial charge in [0.15, 0.2) is 5.16 Å². The maximum Gasteiger partial charge on any atom is 0.195 e. The summed E-state index contributed by atoms with van der Waals surface area (Å²) in [6.45, 7) is 0. The van der Waals surface area contributed by atoms with Gasteiger partial charge in [-0.3, -0.25) is 4.57 Å². The molecule has 0 N–H and O–H groups in total. The Bertz CT molecular complexity index is 966. The molecule has 0 unspecified atom stereocenters. The number of para-hydroxylation sites is 1. The smallest absolute Gasteiger partial charge is 0.195 e. The minimum absolute atomic E-state index is 0.766. The number of hydrogen-bond donors (Lipinski definition) is 0. The molecule has 0 saturated heterocycles. The third-order valence-corrected chi connectivity index (χ3v) is 5.32. The van der Waals surface area contributed by atoms with Gasteiger partial charge in [0.2, 0.25) is 0 Å². The minimum atomic E-state index is 0.766. The lowest BCUT2D eigenvalue weighted by atomic mass is 10.1. The predicted molar refractivity (Wildman–Crippen MR) is 111 cm³/mol. The van der Waals surface area contributed by atoms with Crippen molar-refractivity contribution in [3.05, 3.63) is 108 Å². The highest BCUT2D eigenvalue weighted by Gasteiger charge is 2.14. The Labute approximate surface area is 164 Å². The molecular weight excluding hydrogens is 350 g/mol. The Hall–Kier alpha value is -2.85. The van der Waals surface area contributed by atoms with Crippen LogP contribution in [0.4, 0.5) is 0 Å². The van der Waals surface area contributed by atoms with Crippen molar-refractivity contribution >= 4 is 11.8 Å². The number of thioether (sulfide) groups is 1. The monoisotopic (exact) mass is 371 g/mol. The SMILES string of the molecule is c1ccc(CCSc2nnc(Cc3ccccc3)n2-c2ccccc2)cc1. The molecule has 1 aromatic heterocycles. The highest BCUT2D eigenvalue weighted by Crippen LogP contribution is 2.24. The lowest BCUT2D eigenvalue weighted by Crippen LogP contribution is -2.04. The number of aromatic nitrogens is 3. The summed E-state index contributed by atoms with van der Waals surface area (Å²) < 4.78 is 2.18. The van der Waals surface area contributed by atoms with Crippen molar-refractivity contribution in [2.24, 2.45) is 0 Å². The van der Waals surface area contributed by atoms with Gasteiger partial charge < -0.3 is 0 Å². The van der Waals surface area contributed by atoms with E-state index in [-0.39, 0.29) is 0 Å². The van der Waals surface area contributed by atoms with Crippen LogP contribution in [0.15, 0.2) is 96.2 Å². The first-order chi connectivity index (χ1) is 13.4. The van der Waals surface area contributed by atoms with E-state index < -0.39 is 0 Å². The van der Waals surface area contributed by atoms with Crippen molar-refractivity contribution < 1.29 is 0 Å². The highest BCUT2D eigenvalue weighted by atomic mass is 32.2. The maximum atomic E-state index is 4.51. The third-order valence-electron chi connectivity index (χ3n) is 4.38. The number of hydrogen-bond acceptors (Lipinski definition) is 3. The van der Waals surface area contributed by atoms with E-state index in [1.165, 1.54) is 11.1 Å². The first-order valence-electron chi connectivity index (χ1n) is 9.10. The molecule has 4 heteroatoms. The summed E-state index contributed by atoms with van der Waals surface area (Å²) >= 11 is 1.76. The summed E-state index contributed by atoms with van der Waals surface area (Å²) in [6.07, 6.45) is 1.78. The molecule has 0 fully saturated rings. The van der Waals surface area contributed by atoms with Crippen molar-refractivity contribution in [3.63, 3.8) is 0 Å². The molecule has 134 valence electrons. The van der Waals surface area contributed by atoms with Crippen LogP contribution in [0.2, 0.25) is 0 Å². The molecule has 0 bridgehead atoms. The van der Waals surface area contributed by atoms with Crippen LogP contribution in [0.25, 0.3) is 5.69 Å². The standard InChI is InChI=1S/C23H21N3S/c1-4-10-19(11-5-1)16-17-27-23-25-24-22(18-20-12-6-2-7-13-20)26(23)21-14-8-3-9-15-21/h1-15H,16-18H2. The molecule has 0 aliphatic heterocycles. The van der Waals surface area contributed by atoms with Crippen LogP contribution >= 0.6 is 11.8 Å². The summed E-state index contributed by atoms with van der Waals surface area (Å²) in [6, 6.07) is 31.4. The summed E-state index contributed by atoms with van der Waals surface area (Å²) in [4.78, 5) is 0. The molecule has 4 aromatic rings. The number of nitrogens with zero attached hydrogens (tertiary/aromatic N) is 3. The minimum Gasteiger partial charge on any atom is -0.274 e. The zero-order valence-corrected chi connectivity index (χ0v) is 15.8. The summed E-state index contributed by atoms with van der Waals surface area (Å²) in [5.74, 6) is 1.94. The maximum absolute atomic E-state index is 4.51. The van der Waals surface area contributed by atoms with Crippen molar-refractivity contribution in [2.45, 2.75) is 18.0 Å². The van der Waals surface area contributed by atoms with E-state index in [4.69, 9.17) is 0 Å². The van der Waals surface area contributed by atoms with Gasteiger partial charge >= 0.3 is 0 Å². The first kappa shape index (κ1) is 17.6. The van der Waals surface area contributed by atoms with Gasteiger partial charge in [-0.2, -0.15) is 0 Å². The average Bonchev–Trinajstić information content (AvgIpc) is 3.12. The molecule has 0 saturated carbocycles. The van der Waals surface area contributed by atoms with E-state index in [1.807, 2.05) is 12.1 Å². The predicted octanol–water partition coefficient (Wildman–Crippen LogP) is 5.19. The fourth-order valence-corrected chi connectivity index (χ4v) is 3.99. The molecule has 27 heavy (non-hydrogen) atoms. The van der Waals surface area contributed by atoms with E-state index in [2.05, 4.69) is 93.6 Å². The number of aryl methyl sites for hydroxylation is 1. The number of benzene rings is 3. The number of rotatable bonds is 7. The van der Waals surface area contributed by atoms with Gasteiger partial charge in [-0.25, -0.2) is 0 Å². The van der Waals surface area contributed by atoms with Gasteiger partial charge in [0.1, 0.15) is 5.82 Å². The molecule has 0 amide bonds. The van der Waals surface area contributed by atoms with Crippen LogP contribution in [0.5, 0.6) is 0 Å². The quantitative estimate of drug-likeness (QED) is 0.419. The molecule has 0 spiro atoms. The third kappa shape index (κ3) is 4.47. The Balaban J connectivity index is 1.57. The van der Waals surface area contributed by atoms with Crippen molar-refractivity contribution in [3.8, 4) is 5.69 Å². The van der Waals surface area contributed by atoms with Gasteiger partial charge in [-0.05, 0) is 29.7 Å². The van der Waals surface area contributed by atoms with E-state index in [0.717, 1.165) is 35.3 Å². The van der Waals surface area contributed by atoms with Crippen LogP contribution in [-0.2, 0) is 12.8 Å². The van der Waals surface area contributed by atoms with E-state index in [0.29, 0.717) is 0 Å². The van der Waals surface area contributed by atoms with Crippen LogP contribution in [0.1, 0.15) is 17.0 Å². The van der Waals surface area contributed by atoms with Crippen molar-refractivity contribution in [1.29, 1.82) is 0 Å². The Kier molecular flexibility index (Phi) is 5.65. The van der Waals surface area contributed by atoms with Crippen LogP contribution in [-0.4, -0.2) is 20.5 Å². The van der Waals surface area contributed by atoms with Crippen LogP contribution in [0.3, 0.4) is 0 Å². The van der Waals surface area contributed by atoms with Crippen molar-refractivity contribution in [2.75, 3.05) is 5.75 Å². The molecule has 0 atom stereocenters. The molecule has 1 heterocycles. The zero-order chi connectivity index (χ0) is 18.3. The summed E-state index contributed by atoms with van der Waals surface area (Å²) in [5, 5.41) is 9.95. The molecule has 0 aliphatic rings. The van der Waals surface area contributed by atoms with Gasteiger partial charge in [-0.15, -0.1) is 10.2 Å². The van der Waals surface area contributed by atoms with Gasteiger partial charge in [-0.1, -0.05) is 90.6 Å². The molecule has 3 nitrogen and oxygen atoms in total. The van der Waals surface area contributed by atoms with E-state index >= 15 is 0 Å². The largest absolute Gasteiger partial charge is 0.274 e. The molecule has 3 aromatic carbocycles. The molecule has 4 rings (SSSR count). The summed E-state index contributed by atoms with van der Waals surface area (Å²) in [5.41, 5.74) is 3.69. The van der Waals surface area contributed by atoms with E-state index in [9.17, 15) is 0 Å². The molecular formula is C23H21N3S. The first-order valence-corrected chi connectivity index (χ1v) is 10.1. The average molecular weight is 372 g/mol. The summed E-state index contributed by atoms with van der Waals surface area (Å²) in [7, 11) is 0.